The van der Waals surface area contributed by atoms with Gasteiger partial charge in [-0.3, -0.25) is 4.79 Å². The van der Waals surface area contributed by atoms with Crippen LogP contribution in [0.25, 0.3) is 0 Å². The van der Waals surface area contributed by atoms with Crippen molar-refractivity contribution in [1.82, 2.24) is 5.32 Å². The second-order valence-corrected chi connectivity index (χ2v) is 7.43. The summed E-state index contributed by atoms with van der Waals surface area (Å²) in [5.74, 6) is 0.260. The van der Waals surface area contributed by atoms with Crippen LogP contribution in [0, 0.1) is 10.8 Å². The lowest BCUT2D eigenvalue weighted by atomic mass is 9.82. The summed E-state index contributed by atoms with van der Waals surface area (Å²) in [4.78, 5) is 12.4. The van der Waals surface area contributed by atoms with Crippen LogP contribution in [-0.4, -0.2) is 17.3 Å². The average molecular weight is 304 g/mol. The van der Waals surface area contributed by atoms with Gasteiger partial charge >= 0.3 is 0 Å². The molecule has 0 aliphatic heterocycles. The molecule has 1 saturated carbocycles. The van der Waals surface area contributed by atoms with Crippen LogP contribution < -0.4 is 5.32 Å². The second kappa shape index (κ2) is 5.73. The first-order chi connectivity index (χ1) is 7.79. The summed E-state index contributed by atoms with van der Waals surface area (Å²) in [7, 11) is 0. The standard InChI is InChI=1S/C14H26BrNO/c1-13(2,3)11(7-10-15)16-12(17)14(4)8-5-6-9-14/h11H,5-10H2,1-4H3,(H,16,17). The zero-order chi connectivity index (χ0) is 13.1. The van der Waals surface area contributed by atoms with Gasteiger partial charge < -0.3 is 5.32 Å². The third-order valence-electron chi connectivity index (χ3n) is 4.00. The number of hydrogen-bond acceptors (Lipinski definition) is 1. The lowest BCUT2D eigenvalue weighted by Crippen LogP contribution is -2.48. The van der Waals surface area contributed by atoms with Crippen LogP contribution in [-0.2, 0) is 4.79 Å². The maximum atomic E-state index is 12.4. The number of hydrogen-bond donors (Lipinski definition) is 1. The van der Waals surface area contributed by atoms with Crippen molar-refractivity contribution in [3.8, 4) is 0 Å². The summed E-state index contributed by atoms with van der Waals surface area (Å²) >= 11 is 3.48. The van der Waals surface area contributed by atoms with Gasteiger partial charge in [0.05, 0.1) is 0 Å². The number of rotatable bonds is 4. The van der Waals surface area contributed by atoms with Gasteiger partial charge in [0.1, 0.15) is 0 Å². The Labute approximate surface area is 114 Å². The van der Waals surface area contributed by atoms with Gasteiger partial charge in [-0.15, -0.1) is 0 Å². The van der Waals surface area contributed by atoms with Gasteiger partial charge in [0.15, 0.2) is 0 Å². The van der Waals surface area contributed by atoms with Crippen molar-refractivity contribution in [2.45, 2.75) is 65.8 Å². The van der Waals surface area contributed by atoms with Crippen molar-refractivity contribution in [2.24, 2.45) is 10.8 Å². The Morgan fingerprint density at radius 1 is 1.35 bits per heavy atom. The minimum atomic E-state index is -0.115. The Morgan fingerprint density at radius 3 is 2.29 bits per heavy atom. The molecule has 0 spiro atoms. The van der Waals surface area contributed by atoms with Gasteiger partial charge in [0.25, 0.3) is 0 Å². The Kier molecular flexibility index (Phi) is 5.06. The molecule has 0 aromatic heterocycles. The molecule has 0 saturated heterocycles. The first kappa shape index (κ1) is 15.0. The maximum Gasteiger partial charge on any atom is 0.226 e. The summed E-state index contributed by atoms with van der Waals surface area (Å²) < 4.78 is 0. The molecular formula is C14H26BrNO. The Morgan fingerprint density at radius 2 is 1.88 bits per heavy atom. The maximum absolute atomic E-state index is 12.4. The van der Waals surface area contributed by atoms with E-state index in [-0.39, 0.29) is 22.8 Å². The molecule has 1 atom stereocenters. The van der Waals surface area contributed by atoms with Crippen molar-refractivity contribution in [1.29, 1.82) is 0 Å². The minimum Gasteiger partial charge on any atom is -0.352 e. The molecule has 0 aromatic carbocycles. The molecule has 1 fully saturated rings. The summed E-state index contributed by atoms with van der Waals surface area (Å²) in [6.07, 6.45) is 5.48. The fourth-order valence-electron chi connectivity index (χ4n) is 2.55. The summed E-state index contributed by atoms with van der Waals surface area (Å²) in [5, 5.41) is 4.21. The van der Waals surface area contributed by atoms with Crippen LogP contribution in [0.15, 0.2) is 0 Å². The molecule has 0 aromatic rings. The molecule has 0 bridgehead atoms. The molecule has 17 heavy (non-hydrogen) atoms. The van der Waals surface area contributed by atoms with E-state index in [1.807, 2.05) is 0 Å². The second-order valence-electron chi connectivity index (χ2n) is 6.64. The van der Waals surface area contributed by atoms with Crippen LogP contribution >= 0.6 is 15.9 Å². The molecule has 1 rings (SSSR count). The minimum absolute atomic E-state index is 0.115. The van der Waals surface area contributed by atoms with E-state index in [1.165, 1.54) is 12.8 Å². The predicted molar refractivity (Wildman–Crippen MR) is 76.4 cm³/mol. The third-order valence-corrected chi connectivity index (χ3v) is 4.46. The number of carbonyl (C=O) groups excluding carboxylic acids is 1. The molecule has 1 aliphatic carbocycles. The first-order valence-electron chi connectivity index (χ1n) is 6.66. The Hall–Kier alpha value is -0.0500. The molecular weight excluding hydrogens is 278 g/mol. The Balaban J connectivity index is 2.64. The van der Waals surface area contributed by atoms with E-state index in [9.17, 15) is 4.79 Å². The van der Waals surface area contributed by atoms with E-state index in [0.717, 1.165) is 24.6 Å². The first-order valence-corrected chi connectivity index (χ1v) is 7.79. The lowest BCUT2D eigenvalue weighted by molar-refractivity contribution is -0.131. The SMILES string of the molecule is CC1(C(=O)NC(CCBr)C(C)(C)C)CCCC1. The number of carbonyl (C=O) groups is 1. The van der Waals surface area contributed by atoms with Crippen LogP contribution in [0.2, 0.25) is 0 Å². The van der Waals surface area contributed by atoms with Crippen molar-refractivity contribution in [2.75, 3.05) is 5.33 Å². The molecule has 1 amide bonds. The van der Waals surface area contributed by atoms with Gasteiger partial charge in [0.2, 0.25) is 5.91 Å². The highest BCUT2D eigenvalue weighted by Gasteiger charge is 2.38. The third kappa shape index (κ3) is 3.97. The van der Waals surface area contributed by atoms with Crippen LogP contribution in [0.3, 0.4) is 0 Å². The molecule has 1 unspecified atom stereocenters. The smallest absolute Gasteiger partial charge is 0.226 e. The van der Waals surface area contributed by atoms with E-state index in [0.29, 0.717) is 0 Å². The monoisotopic (exact) mass is 303 g/mol. The number of nitrogens with one attached hydrogen (secondary N) is 1. The highest BCUT2D eigenvalue weighted by atomic mass is 79.9. The fourth-order valence-corrected chi connectivity index (χ4v) is 3.00. The van der Waals surface area contributed by atoms with Gasteiger partial charge in [-0.2, -0.15) is 0 Å². The van der Waals surface area contributed by atoms with Crippen LogP contribution in [0.1, 0.15) is 59.8 Å². The molecule has 1 aliphatic rings. The molecule has 1 N–H and O–H groups in total. The van der Waals surface area contributed by atoms with E-state index in [1.54, 1.807) is 0 Å². The van der Waals surface area contributed by atoms with Crippen molar-refractivity contribution in [3.63, 3.8) is 0 Å². The van der Waals surface area contributed by atoms with Gasteiger partial charge in [-0.05, 0) is 24.7 Å². The fraction of sp³-hybridized carbons (Fsp3) is 0.929. The average Bonchev–Trinajstić information content (AvgIpc) is 2.64. The van der Waals surface area contributed by atoms with Crippen LogP contribution in [0.4, 0.5) is 0 Å². The molecule has 0 radical (unpaired) electrons. The summed E-state index contributed by atoms with van der Waals surface area (Å²) in [6, 6.07) is 0.256. The topological polar surface area (TPSA) is 29.1 Å². The van der Waals surface area contributed by atoms with Gasteiger partial charge in [0, 0.05) is 16.8 Å². The quantitative estimate of drug-likeness (QED) is 0.785. The van der Waals surface area contributed by atoms with E-state index in [4.69, 9.17) is 0 Å². The van der Waals surface area contributed by atoms with E-state index < -0.39 is 0 Å². The zero-order valence-electron chi connectivity index (χ0n) is 11.6. The summed E-state index contributed by atoms with van der Waals surface area (Å²) in [5.41, 5.74) is 0.00814. The van der Waals surface area contributed by atoms with Crippen molar-refractivity contribution < 1.29 is 4.79 Å². The molecule has 0 heterocycles. The number of alkyl halides is 1. The normalized spacial score (nSPS) is 21.2. The molecule has 100 valence electrons. The van der Waals surface area contributed by atoms with E-state index in [2.05, 4.69) is 48.9 Å². The number of amides is 1. The van der Waals surface area contributed by atoms with Gasteiger partial charge in [-0.1, -0.05) is 56.5 Å². The highest BCUT2D eigenvalue weighted by Crippen LogP contribution is 2.38. The van der Waals surface area contributed by atoms with Gasteiger partial charge in [-0.25, -0.2) is 0 Å². The van der Waals surface area contributed by atoms with Crippen molar-refractivity contribution >= 4 is 21.8 Å². The van der Waals surface area contributed by atoms with Crippen LogP contribution in [0.5, 0.6) is 0 Å². The largest absolute Gasteiger partial charge is 0.352 e. The molecule has 3 heteroatoms. The predicted octanol–water partition coefficient (Wildman–Crippen LogP) is 3.88. The van der Waals surface area contributed by atoms with E-state index >= 15 is 0 Å². The lowest BCUT2D eigenvalue weighted by Gasteiger charge is -2.34. The highest BCUT2D eigenvalue weighted by molar-refractivity contribution is 9.09. The van der Waals surface area contributed by atoms with Crippen molar-refractivity contribution in [3.05, 3.63) is 0 Å². The zero-order valence-corrected chi connectivity index (χ0v) is 13.2. The number of halogens is 1. The Bertz CT molecular complexity index is 264. The molecule has 2 nitrogen and oxygen atoms in total. The summed E-state index contributed by atoms with van der Waals surface area (Å²) in [6.45, 7) is 8.69.